The number of aliphatic hydroxyl groups excluding tert-OH is 1. The topological polar surface area (TPSA) is 99.9 Å². The fraction of sp³-hybridized carbons (Fsp3) is 0.440. The Kier molecular flexibility index (Phi) is 9.69. The minimum absolute atomic E-state index is 0.0756. The van der Waals surface area contributed by atoms with E-state index in [1.54, 1.807) is 11.8 Å². The molecule has 0 fully saturated rings. The summed E-state index contributed by atoms with van der Waals surface area (Å²) in [7, 11) is 1.63. The lowest BCUT2D eigenvalue weighted by atomic mass is 10.2. The third-order valence-corrected chi connectivity index (χ3v) is 4.85. The van der Waals surface area contributed by atoms with Gasteiger partial charge in [0.2, 0.25) is 0 Å². The number of ether oxygens (including phenoxy) is 4. The molecule has 0 radical (unpaired) electrons. The molecule has 2 aromatic carbocycles. The predicted octanol–water partition coefficient (Wildman–Crippen LogP) is 3.56. The molecule has 0 saturated carbocycles. The second kappa shape index (κ2) is 12.9. The van der Waals surface area contributed by atoms with Crippen LogP contribution >= 0.6 is 0 Å². The van der Waals surface area contributed by atoms with Gasteiger partial charge < -0.3 is 29.4 Å². The molecule has 1 atom stereocenters. The summed E-state index contributed by atoms with van der Waals surface area (Å²) in [5, 5.41) is 18.0. The quantitative estimate of drug-likeness (QED) is 0.345. The first kappa shape index (κ1) is 25.5. The first-order valence-electron chi connectivity index (χ1n) is 11.5. The van der Waals surface area contributed by atoms with E-state index in [-0.39, 0.29) is 18.7 Å². The predicted molar refractivity (Wildman–Crippen MR) is 131 cm³/mol. The van der Waals surface area contributed by atoms with Gasteiger partial charge in [-0.2, -0.15) is 4.98 Å². The van der Waals surface area contributed by atoms with Crippen molar-refractivity contribution in [2.24, 2.45) is 0 Å². The summed E-state index contributed by atoms with van der Waals surface area (Å²) >= 11 is 0. The van der Waals surface area contributed by atoms with Gasteiger partial charge in [-0.15, -0.1) is 5.10 Å². The lowest BCUT2D eigenvalue weighted by Gasteiger charge is -2.15. The van der Waals surface area contributed by atoms with Crippen molar-refractivity contribution in [2.45, 2.75) is 33.0 Å². The highest BCUT2D eigenvalue weighted by atomic mass is 16.5. The van der Waals surface area contributed by atoms with Gasteiger partial charge in [0.05, 0.1) is 38.2 Å². The number of benzene rings is 2. The van der Waals surface area contributed by atoms with Crippen molar-refractivity contribution in [1.82, 2.24) is 14.8 Å². The van der Waals surface area contributed by atoms with Gasteiger partial charge in [0.25, 0.3) is 0 Å². The average molecular weight is 471 g/mol. The summed E-state index contributed by atoms with van der Waals surface area (Å²) in [4.78, 5) is 4.61. The average Bonchev–Trinajstić information content (AvgIpc) is 3.28. The van der Waals surface area contributed by atoms with Crippen molar-refractivity contribution in [1.29, 1.82) is 0 Å². The second-order valence-electron chi connectivity index (χ2n) is 7.87. The Morgan fingerprint density at radius 2 is 1.88 bits per heavy atom. The third kappa shape index (κ3) is 7.44. The summed E-state index contributed by atoms with van der Waals surface area (Å²) in [6.07, 6.45) is -0.538. The highest BCUT2D eigenvalue weighted by molar-refractivity contribution is 5.61. The smallest absolute Gasteiger partial charge is 0.336 e. The highest BCUT2D eigenvalue weighted by Crippen LogP contribution is 2.26. The van der Waals surface area contributed by atoms with Gasteiger partial charge in [0, 0.05) is 24.4 Å². The molecule has 0 amide bonds. The molecular weight excluding hydrogens is 436 g/mol. The van der Waals surface area contributed by atoms with Gasteiger partial charge in [0.15, 0.2) is 5.82 Å². The summed E-state index contributed by atoms with van der Waals surface area (Å²) in [6.45, 7) is 7.91. The molecule has 9 heteroatoms. The van der Waals surface area contributed by atoms with Crippen LogP contribution in [0.3, 0.4) is 0 Å². The lowest BCUT2D eigenvalue weighted by molar-refractivity contribution is 0.0112. The second-order valence-corrected chi connectivity index (χ2v) is 7.87. The molecule has 0 spiro atoms. The van der Waals surface area contributed by atoms with E-state index < -0.39 is 6.10 Å². The number of nitrogens with zero attached hydrogens (tertiary/aromatic N) is 3. The Morgan fingerprint density at radius 3 is 2.59 bits per heavy atom. The molecule has 9 nitrogen and oxygen atoms in total. The van der Waals surface area contributed by atoms with E-state index in [1.807, 2.05) is 69.3 Å². The van der Waals surface area contributed by atoms with Crippen LogP contribution in [-0.4, -0.2) is 72.2 Å². The summed E-state index contributed by atoms with van der Waals surface area (Å²) < 4.78 is 23.5. The molecule has 0 aliphatic rings. The minimum atomic E-state index is -0.613. The van der Waals surface area contributed by atoms with Crippen LogP contribution in [0.2, 0.25) is 0 Å². The first-order valence-corrected chi connectivity index (χ1v) is 11.5. The number of rotatable bonds is 14. The monoisotopic (exact) mass is 470 g/mol. The molecule has 34 heavy (non-hydrogen) atoms. The maximum atomic E-state index is 10.2. The Labute approximate surface area is 200 Å². The molecule has 0 aliphatic heterocycles. The number of aromatic nitrogens is 3. The molecule has 1 aromatic heterocycles. The molecule has 0 unspecified atom stereocenters. The number of nitrogens with one attached hydrogen (secondary N) is 1. The van der Waals surface area contributed by atoms with Crippen LogP contribution in [0.15, 0.2) is 48.5 Å². The maximum Gasteiger partial charge on any atom is 0.336 e. The van der Waals surface area contributed by atoms with Crippen LogP contribution in [0.25, 0.3) is 17.1 Å². The van der Waals surface area contributed by atoms with E-state index in [0.29, 0.717) is 32.2 Å². The van der Waals surface area contributed by atoms with Crippen LogP contribution in [0, 0.1) is 0 Å². The molecule has 184 valence electrons. The molecule has 2 N–H and O–H groups in total. The summed E-state index contributed by atoms with van der Waals surface area (Å²) in [5.74, 6) is 1.39. The van der Waals surface area contributed by atoms with E-state index >= 15 is 0 Å². The Hall–Kier alpha value is -3.14. The number of aliphatic hydroxyl groups is 1. The Morgan fingerprint density at radius 1 is 1.09 bits per heavy atom. The van der Waals surface area contributed by atoms with Gasteiger partial charge in [-0.25, -0.2) is 4.68 Å². The van der Waals surface area contributed by atoms with Gasteiger partial charge in [0.1, 0.15) is 12.4 Å². The standard InChI is InChI=1S/C25H34N4O5/c1-5-32-13-14-33-25-27-24(19-9-11-23(31-4)12-10-19)29(28-25)21-8-6-7-20(15-21)26-16-22(30)17-34-18(2)3/h6-12,15,18,22,26,30H,5,13-14,16-17H2,1-4H3/t22-/m1/s1. The summed E-state index contributed by atoms with van der Waals surface area (Å²) in [5.41, 5.74) is 2.51. The first-order chi connectivity index (χ1) is 16.5. The molecule has 3 rings (SSSR count). The van der Waals surface area contributed by atoms with Crippen LogP contribution < -0.4 is 14.8 Å². The Balaban J connectivity index is 1.81. The maximum absolute atomic E-state index is 10.2. The van der Waals surface area contributed by atoms with Crippen LogP contribution in [0.5, 0.6) is 11.8 Å². The number of hydrogen-bond acceptors (Lipinski definition) is 8. The zero-order valence-electron chi connectivity index (χ0n) is 20.2. The summed E-state index contributed by atoms with van der Waals surface area (Å²) in [6, 6.07) is 15.6. The van der Waals surface area contributed by atoms with Gasteiger partial charge in [-0.1, -0.05) is 6.07 Å². The van der Waals surface area contributed by atoms with Crippen molar-refractivity contribution >= 4 is 5.69 Å². The van der Waals surface area contributed by atoms with Crippen LogP contribution in [-0.2, 0) is 9.47 Å². The van der Waals surface area contributed by atoms with Gasteiger partial charge >= 0.3 is 6.01 Å². The van der Waals surface area contributed by atoms with E-state index in [9.17, 15) is 5.11 Å². The van der Waals surface area contributed by atoms with Crippen molar-refractivity contribution < 1.29 is 24.1 Å². The van der Waals surface area contributed by atoms with Crippen molar-refractivity contribution in [3.8, 4) is 28.8 Å². The third-order valence-electron chi connectivity index (χ3n) is 4.85. The van der Waals surface area contributed by atoms with E-state index in [4.69, 9.17) is 18.9 Å². The fourth-order valence-electron chi connectivity index (χ4n) is 3.14. The Bertz CT molecular complexity index is 1010. The molecule has 1 heterocycles. The van der Waals surface area contributed by atoms with Crippen LogP contribution in [0.4, 0.5) is 5.69 Å². The molecular formula is C25H34N4O5. The number of anilines is 1. The van der Waals surface area contributed by atoms with E-state index in [2.05, 4.69) is 15.4 Å². The van der Waals surface area contributed by atoms with Crippen LogP contribution in [0.1, 0.15) is 20.8 Å². The molecule has 3 aromatic rings. The molecule has 0 bridgehead atoms. The number of methoxy groups -OCH3 is 1. The molecule has 0 aliphatic carbocycles. The zero-order valence-corrected chi connectivity index (χ0v) is 20.2. The van der Waals surface area contributed by atoms with Crippen molar-refractivity contribution in [3.05, 3.63) is 48.5 Å². The van der Waals surface area contributed by atoms with E-state index in [1.165, 1.54) is 0 Å². The largest absolute Gasteiger partial charge is 0.497 e. The van der Waals surface area contributed by atoms with E-state index in [0.717, 1.165) is 22.7 Å². The van der Waals surface area contributed by atoms with Crippen molar-refractivity contribution in [2.75, 3.05) is 45.4 Å². The fourth-order valence-corrected chi connectivity index (χ4v) is 3.14. The zero-order chi connectivity index (χ0) is 24.3. The number of hydrogen-bond donors (Lipinski definition) is 2. The SMILES string of the molecule is CCOCCOc1nc(-c2ccc(OC)cc2)n(-c2cccc(NC[C@@H](O)COC(C)C)c2)n1. The van der Waals surface area contributed by atoms with Crippen molar-refractivity contribution in [3.63, 3.8) is 0 Å². The van der Waals surface area contributed by atoms with Gasteiger partial charge in [-0.05, 0) is 63.2 Å². The molecule has 0 saturated heterocycles. The highest BCUT2D eigenvalue weighted by Gasteiger charge is 2.16. The normalized spacial score (nSPS) is 12.1. The minimum Gasteiger partial charge on any atom is -0.497 e. The lowest BCUT2D eigenvalue weighted by Crippen LogP contribution is -2.26. The van der Waals surface area contributed by atoms with Gasteiger partial charge in [-0.3, -0.25) is 0 Å².